The molecule has 0 aliphatic carbocycles. The van der Waals surface area contributed by atoms with Crippen LogP contribution < -0.4 is 9.47 Å². The Kier molecular flexibility index (Phi) is 7.12. The van der Waals surface area contributed by atoms with Crippen molar-refractivity contribution in [3.05, 3.63) is 52.8 Å². The van der Waals surface area contributed by atoms with Crippen molar-refractivity contribution in [1.82, 2.24) is 14.8 Å². The van der Waals surface area contributed by atoms with Gasteiger partial charge in [-0.3, -0.25) is 14.7 Å². The number of hydrogen-bond acceptors (Lipinski definition) is 5. The minimum absolute atomic E-state index is 0.0363. The molecule has 0 bridgehead atoms. The second kappa shape index (κ2) is 9.75. The van der Waals surface area contributed by atoms with Crippen LogP contribution in [0.15, 0.2) is 36.7 Å². The Balaban J connectivity index is 1.64. The SMILES string of the molecule is CCCOc1c(Cl)cc(C(=O)N2CCN(Cc3ccncc3)CC2)cc1OC. The van der Waals surface area contributed by atoms with Crippen LogP contribution in [0.3, 0.4) is 0 Å². The number of piperazine rings is 1. The van der Waals surface area contributed by atoms with E-state index in [4.69, 9.17) is 21.1 Å². The molecule has 2 heterocycles. The maximum Gasteiger partial charge on any atom is 0.254 e. The topological polar surface area (TPSA) is 54.9 Å². The van der Waals surface area contributed by atoms with Gasteiger partial charge in [0.2, 0.25) is 0 Å². The smallest absolute Gasteiger partial charge is 0.254 e. The van der Waals surface area contributed by atoms with E-state index < -0.39 is 0 Å². The third kappa shape index (κ3) is 4.94. The molecule has 150 valence electrons. The summed E-state index contributed by atoms with van der Waals surface area (Å²) in [6.45, 7) is 6.45. The van der Waals surface area contributed by atoms with Gasteiger partial charge >= 0.3 is 0 Å². The molecule has 0 saturated carbocycles. The zero-order chi connectivity index (χ0) is 19.9. The van der Waals surface area contributed by atoms with Crippen LogP contribution in [0.2, 0.25) is 5.02 Å². The van der Waals surface area contributed by atoms with Gasteiger partial charge in [0.15, 0.2) is 11.5 Å². The average Bonchev–Trinajstić information content (AvgIpc) is 2.73. The molecule has 1 aromatic heterocycles. The number of nitrogens with zero attached hydrogens (tertiary/aromatic N) is 3. The normalized spacial score (nSPS) is 14.8. The fourth-order valence-electron chi connectivity index (χ4n) is 3.23. The highest BCUT2D eigenvalue weighted by molar-refractivity contribution is 6.32. The van der Waals surface area contributed by atoms with E-state index in [1.54, 1.807) is 31.6 Å². The van der Waals surface area contributed by atoms with Gasteiger partial charge in [0, 0.05) is 50.7 Å². The third-order valence-electron chi connectivity index (χ3n) is 4.74. The van der Waals surface area contributed by atoms with Gasteiger partial charge in [0.1, 0.15) is 0 Å². The summed E-state index contributed by atoms with van der Waals surface area (Å²) in [4.78, 5) is 21.2. The van der Waals surface area contributed by atoms with Crippen LogP contribution in [0, 0.1) is 0 Å². The Morgan fingerprint density at radius 2 is 1.89 bits per heavy atom. The number of rotatable bonds is 7. The molecule has 1 aliphatic heterocycles. The van der Waals surface area contributed by atoms with Crippen LogP contribution in [0.1, 0.15) is 29.3 Å². The summed E-state index contributed by atoms with van der Waals surface area (Å²) >= 11 is 6.36. The lowest BCUT2D eigenvalue weighted by molar-refractivity contribution is 0.0628. The fourth-order valence-corrected chi connectivity index (χ4v) is 3.49. The van der Waals surface area contributed by atoms with E-state index in [1.165, 1.54) is 5.56 Å². The van der Waals surface area contributed by atoms with Crippen LogP contribution >= 0.6 is 11.6 Å². The van der Waals surface area contributed by atoms with Crippen molar-refractivity contribution >= 4 is 17.5 Å². The van der Waals surface area contributed by atoms with E-state index in [-0.39, 0.29) is 5.91 Å². The van der Waals surface area contributed by atoms with Gasteiger partial charge < -0.3 is 14.4 Å². The first kappa shape index (κ1) is 20.4. The van der Waals surface area contributed by atoms with Gasteiger partial charge in [0.05, 0.1) is 18.7 Å². The van der Waals surface area contributed by atoms with Crippen molar-refractivity contribution in [2.75, 3.05) is 39.9 Å². The van der Waals surface area contributed by atoms with E-state index in [1.807, 2.05) is 24.0 Å². The minimum Gasteiger partial charge on any atom is -0.493 e. The fraction of sp³-hybridized carbons (Fsp3) is 0.429. The largest absolute Gasteiger partial charge is 0.493 e. The molecule has 0 spiro atoms. The van der Waals surface area contributed by atoms with E-state index in [0.29, 0.717) is 41.8 Å². The van der Waals surface area contributed by atoms with Gasteiger partial charge in [-0.15, -0.1) is 0 Å². The first-order chi connectivity index (χ1) is 13.6. The van der Waals surface area contributed by atoms with E-state index in [9.17, 15) is 4.79 Å². The highest BCUT2D eigenvalue weighted by atomic mass is 35.5. The zero-order valence-corrected chi connectivity index (χ0v) is 17.1. The second-order valence-electron chi connectivity index (χ2n) is 6.76. The van der Waals surface area contributed by atoms with Crippen molar-refractivity contribution in [3.63, 3.8) is 0 Å². The molecule has 2 aromatic rings. The average molecular weight is 404 g/mol. The Bertz CT molecular complexity index is 793. The Morgan fingerprint density at radius 1 is 1.18 bits per heavy atom. The van der Waals surface area contributed by atoms with E-state index in [0.717, 1.165) is 26.1 Å². The predicted octanol–water partition coefficient (Wildman–Crippen LogP) is 3.49. The molecule has 0 unspecified atom stereocenters. The lowest BCUT2D eigenvalue weighted by Crippen LogP contribution is -2.48. The summed E-state index contributed by atoms with van der Waals surface area (Å²) in [6, 6.07) is 7.42. The molecule has 28 heavy (non-hydrogen) atoms. The minimum atomic E-state index is -0.0363. The monoisotopic (exact) mass is 403 g/mol. The molecule has 1 amide bonds. The summed E-state index contributed by atoms with van der Waals surface area (Å²) in [5.41, 5.74) is 1.75. The first-order valence-corrected chi connectivity index (χ1v) is 9.91. The predicted molar refractivity (Wildman–Crippen MR) is 109 cm³/mol. The van der Waals surface area contributed by atoms with Crippen LogP contribution in [-0.2, 0) is 6.54 Å². The number of carbonyl (C=O) groups excluding carboxylic acids is 1. The van der Waals surface area contributed by atoms with Crippen molar-refractivity contribution < 1.29 is 14.3 Å². The summed E-state index contributed by atoms with van der Waals surface area (Å²) in [5, 5.41) is 0.396. The molecule has 1 saturated heterocycles. The molecule has 7 heteroatoms. The van der Waals surface area contributed by atoms with Crippen molar-refractivity contribution in [2.24, 2.45) is 0 Å². The lowest BCUT2D eigenvalue weighted by atomic mass is 10.1. The number of benzene rings is 1. The van der Waals surface area contributed by atoms with Gasteiger partial charge in [-0.05, 0) is 36.2 Å². The number of aromatic nitrogens is 1. The highest BCUT2D eigenvalue weighted by Crippen LogP contribution is 2.37. The van der Waals surface area contributed by atoms with E-state index >= 15 is 0 Å². The number of amides is 1. The number of halogens is 1. The van der Waals surface area contributed by atoms with Crippen molar-refractivity contribution in [3.8, 4) is 11.5 Å². The second-order valence-corrected chi connectivity index (χ2v) is 7.17. The van der Waals surface area contributed by atoms with Crippen molar-refractivity contribution in [2.45, 2.75) is 19.9 Å². The summed E-state index contributed by atoms with van der Waals surface area (Å²) in [7, 11) is 1.55. The standard InChI is InChI=1S/C21H26ClN3O3/c1-3-12-28-20-18(22)13-17(14-19(20)27-2)21(26)25-10-8-24(9-11-25)15-16-4-6-23-7-5-16/h4-7,13-14H,3,8-12,15H2,1-2H3. The van der Waals surface area contributed by atoms with Gasteiger partial charge in [-0.25, -0.2) is 0 Å². The maximum atomic E-state index is 13.0. The molecule has 1 aliphatic rings. The molecule has 3 rings (SSSR count). The summed E-state index contributed by atoms with van der Waals surface area (Å²) in [6.07, 6.45) is 4.48. The molecule has 1 aromatic carbocycles. The number of methoxy groups -OCH3 is 1. The molecule has 1 fully saturated rings. The zero-order valence-electron chi connectivity index (χ0n) is 16.4. The number of hydrogen-bond donors (Lipinski definition) is 0. The van der Waals surface area contributed by atoms with Crippen LogP contribution in [-0.4, -0.2) is 60.6 Å². The van der Waals surface area contributed by atoms with Crippen molar-refractivity contribution in [1.29, 1.82) is 0 Å². The quantitative estimate of drug-likeness (QED) is 0.708. The van der Waals surface area contributed by atoms with Gasteiger partial charge in [-0.1, -0.05) is 18.5 Å². The summed E-state index contributed by atoms with van der Waals surface area (Å²) in [5.74, 6) is 0.941. The summed E-state index contributed by atoms with van der Waals surface area (Å²) < 4.78 is 11.1. The maximum absolute atomic E-state index is 13.0. The Labute approximate surface area is 171 Å². The van der Waals surface area contributed by atoms with Gasteiger partial charge in [-0.2, -0.15) is 0 Å². The highest BCUT2D eigenvalue weighted by Gasteiger charge is 2.24. The third-order valence-corrected chi connectivity index (χ3v) is 5.02. The molecular weight excluding hydrogens is 378 g/mol. The number of ether oxygens (including phenoxy) is 2. The molecule has 6 nitrogen and oxygen atoms in total. The number of pyridine rings is 1. The van der Waals surface area contributed by atoms with Crippen LogP contribution in [0.5, 0.6) is 11.5 Å². The van der Waals surface area contributed by atoms with Crippen LogP contribution in [0.25, 0.3) is 0 Å². The lowest BCUT2D eigenvalue weighted by Gasteiger charge is -2.35. The molecule has 0 atom stereocenters. The van der Waals surface area contributed by atoms with Gasteiger partial charge in [0.25, 0.3) is 5.91 Å². The Morgan fingerprint density at radius 3 is 2.54 bits per heavy atom. The molecule has 0 N–H and O–H groups in total. The van der Waals surface area contributed by atoms with E-state index in [2.05, 4.69) is 9.88 Å². The first-order valence-electron chi connectivity index (χ1n) is 9.53. The van der Waals surface area contributed by atoms with Crippen LogP contribution in [0.4, 0.5) is 0 Å². The Hall–Kier alpha value is -2.31. The number of carbonyl (C=O) groups is 1. The molecular formula is C21H26ClN3O3. The molecule has 0 radical (unpaired) electrons.